The fraction of sp³-hybridized carbons (Fsp3) is 0.0625. The van der Waals surface area contributed by atoms with Gasteiger partial charge >= 0.3 is 0 Å². The summed E-state index contributed by atoms with van der Waals surface area (Å²) < 4.78 is 14.4. The Morgan fingerprint density at radius 3 is 2.82 bits per heavy atom. The Morgan fingerprint density at radius 2 is 2.00 bits per heavy atom. The molecule has 0 unspecified atom stereocenters. The number of amides is 1. The molecule has 0 fully saturated rings. The fourth-order valence-electron chi connectivity index (χ4n) is 2.19. The molecule has 1 N–H and O–H groups in total. The van der Waals surface area contributed by atoms with Crippen LogP contribution in [0.3, 0.4) is 0 Å². The summed E-state index contributed by atoms with van der Waals surface area (Å²) in [6, 6.07) is 12.6. The van der Waals surface area contributed by atoms with E-state index in [4.69, 9.17) is 0 Å². The van der Waals surface area contributed by atoms with Crippen LogP contribution in [0.2, 0.25) is 0 Å². The average Bonchev–Trinajstić information content (AvgIpc) is 2.50. The van der Waals surface area contributed by atoms with Crippen LogP contribution in [-0.2, 0) is 11.3 Å². The molecule has 3 rings (SSSR count). The van der Waals surface area contributed by atoms with Gasteiger partial charge in [0.1, 0.15) is 12.4 Å². The maximum atomic E-state index is 13.1. The lowest BCUT2D eigenvalue weighted by atomic mass is 10.3. The van der Waals surface area contributed by atoms with Gasteiger partial charge in [-0.2, -0.15) is 0 Å². The minimum atomic E-state index is -0.440. The molecule has 110 valence electrons. The summed E-state index contributed by atoms with van der Waals surface area (Å²) in [5, 5.41) is 2.56. The molecule has 6 heteroatoms. The van der Waals surface area contributed by atoms with Crippen molar-refractivity contribution in [3.8, 4) is 0 Å². The minimum Gasteiger partial charge on any atom is -0.324 e. The van der Waals surface area contributed by atoms with Crippen LogP contribution in [0, 0.1) is 5.82 Å². The van der Waals surface area contributed by atoms with Crippen LogP contribution in [0.15, 0.2) is 59.5 Å². The first-order chi connectivity index (χ1) is 10.6. The molecule has 2 aromatic carbocycles. The highest BCUT2D eigenvalue weighted by Gasteiger charge is 2.09. The van der Waals surface area contributed by atoms with Gasteiger partial charge < -0.3 is 5.32 Å². The molecule has 5 nitrogen and oxygen atoms in total. The first-order valence-electron chi connectivity index (χ1n) is 6.63. The number of benzene rings is 2. The Bertz CT molecular complexity index is 905. The van der Waals surface area contributed by atoms with Gasteiger partial charge in [0.15, 0.2) is 0 Å². The lowest BCUT2D eigenvalue weighted by molar-refractivity contribution is -0.116. The van der Waals surface area contributed by atoms with Crippen molar-refractivity contribution in [2.75, 3.05) is 5.32 Å². The molecule has 0 aliphatic carbocycles. The highest BCUT2D eigenvalue weighted by Crippen LogP contribution is 2.11. The van der Waals surface area contributed by atoms with Crippen molar-refractivity contribution in [2.24, 2.45) is 0 Å². The number of hydrogen-bond acceptors (Lipinski definition) is 3. The van der Waals surface area contributed by atoms with Crippen LogP contribution >= 0.6 is 0 Å². The van der Waals surface area contributed by atoms with E-state index in [1.54, 1.807) is 30.3 Å². The van der Waals surface area contributed by atoms with Gasteiger partial charge in [0.05, 0.1) is 17.2 Å². The number of para-hydroxylation sites is 2. The standard InChI is InChI=1S/C16H12FN3O2/c17-11-4-3-5-12(8-11)19-15(21)10-20-14-7-2-1-6-13(14)18-9-16(20)22/h1-9H,10H2,(H,19,21). The zero-order valence-corrected chi connectivity index (χ0v) is 11.5. The van der Waals surface area contributed by atoms with E-state index in [1.807, 2.05) is 0 Å². The molecular weight excluding hydrogens is 285 g/mol. The number of carbonyl (C=O) groups is 1. The van der Waals surface area contributed by atoms with E-state index in [0.29, 0.717) is 16.7 Å². The van der Waals surface area contributed by atoms with Crippen LogP contribution < -0.4 is 10.9 Å². The quantitative estimate of drug-likeness (QED) is 0.806. The van der Waals surface area contributed by atoms with Crippen LogP contribution in [-0.4, -0.2) is 15.5 Å². The summed E-state index contributed by atoms with van der Waals surface area (Å²) >= 11 is 0. The summed E-state index contributed by atoms with van der Waals surface area (Å²) in [4.78, 5) is 28.0. The van der Waals surface area contributed by atoms with Crippen molar-refractivity contribution >= 4 is 22.6 Å². The predicted molar refractivity (Wildman–Crippen MR) is 81.0 cm³/mol. The first-order valence-corrected chi connectivity index (χ1v) is 6.63. The minimum absolute atomic E-state index is 0.168. The van der Waals surface area contributed by atoms with Crippen molar-refractivity contribution in [3.05, 3.63) is 70.9 Å². The lowest BCUT2D eigenvalue weighted by Crippen LogP contribution is -2.28. The summed E-state index contributed by atoms with van der Waals surface area (Å²) in [5.41, 5.74) is 1.18. The van der Waals surface area contributed by atoms with E-state index < -0.39 is 11.7 Å². The number of halogens is 1. The van der Waals surface area contributed by atoms with Gasteiger partial charge in [-0.1, -0.05) is 18.2 Å². The van der Waals surface area contributed by atoms with Crippen molar-refractivity contribution in [2.45, 2.75) is 6.54 Å². The molecule has 0 radical (unpaired) electrons. The Morgan fingerprint density at radius 1 is 1.18 bits per heavy atom. The van der Waals surface area contributed by atoms with Gasteiger partial charge in [0.2, 0.25) is 5.91 Å². The van der Waals surface area contributed by atoms with Crippen molar-refractivity contribution in [1.82, 2.24) is 9.55 Å². The second-order valence-electron chi connectivity index (χ2n) is 4.73. The summed E-state index contributed by atoms with van der Waals surface area (Å²) in [7, 11) is 0. The Labute approximate surface area is 125 Å². The average molecular weight is 297 g/mol. The number of carbonyl (C=O) groups excluding carboxylic acids is 1. The monoisotopic (exact) mass is 297 g/mol. The second-order valence-corrected chi connectivity index (χ2v) is 4.73. The second kappa shape index (κ2) is 5.77. The molecule has 0 atom stereocenters. The number of anilines is 1. The van der Waals surface area contributed by atoms with Gasteiger partial charge in [-0.05, 0) is 30.3 Å². The van der Waals surface area contributed by atoms with Gasteiger partial charge in [-0.15, -0.1) is 0 Å². The van der Waals surface area contributed by atoms with E-state index in [2.05, 4.69) is 10.3 Å². The topological polar surface area (TPSA) is 64.0 Å². The Hall–Kier alpha value is -3.02. The number of nitrogens with one attached hydrogen (secondary N) is 1. The van der Waals surface area contributed by atoms with Crippen molar-refractivity contribution < 1.29 is 9.18 Å². The predicted octanol–water partition coefficient (Wildman–Crippen LogP) is 2.17. The van der Waals surface area contributed by atoms with Crippen LogP contribution in [0.5, 0.6) is 0 Å². The third kappa shape index (κ3) is 2.85. The van der Waals surface area contributed by atoms with Crippen LogP contribution in [0.4, 0.5) is 10.1 Å². The molecule has 0 saturated heterocycles. The van der Waals surface area contributed by atoms with Gasteiger partial charge in [0, 0.05) is 5.69 Å². The zero-order valence-electron chi connectivity index (χ0n) is 11.5. The molecule has 1 aromatic heterocycles. The molecule has 0 bridgehead atoms. The third-order valence-corrected chi connectivity index (χ3v) is 3.16. The molecular formula is C16H12FN3O2. The van der Waals surface area contributed by atoms with E-state index in [1.165, 1.54) is 29.0 Å². The van der Waals surface area contributed by atoms with Crippen LogP contribution in [0.1, 0.15) is 0 Å². The molecule has 0 saturated carbocycles. The maximum Gasteiger partial charge on any atom is 0.269 e. The molecule has 3 aromatic rings. The van der Waals surface area contributed by atoms with E-state index in [9.17, 15) is 14.0 Å². The van der Waals surface area contributed by atoms with Crippen LogP contribution in [0.25, 0.3) is 11.0 Å². The third-order valence-electron chi connectivity index (χ3n) is 3.16. The largest absolute Gasteiger partial charge is 0.324 e. The molecule has 0 spiro atoms. The fourth-order valence-corrected chi connectivity index (χ4v) is 2.19. The van der Waals surface area contributed by atoms with Gasteiger partial charge in [-0.25, -0.2) is 9.37 Å². The summed E-state index contributed by atoms with van der Waals surface area (Å²) in [6.07, 6.45) is 1.18. The van der Waals surface area contributed by atoms with E-state index >= 15 is 0 Å². The molecule has 0 aliphatic heterocycles. The zero-order chi connectivity index (χ0) is 15.5. The van der Waals surface area contributed by atoms with E-state index in [-0.39, 0.29) is 12.1 Å². The van der Waals surface area contributed by atoms with E-state index in [0.717, 1.165) is 0 Å². The highest BCUT2D eigenvalue weighted by atomic mass is 19.1. The Kier molecular flexibility index (Phi) is 3.65. The summed E-state index contributed by atoms with van der Waals surface area (Å²) in [6.45, 7) is -0.168. The van der Waals surface area contributed by atoms with Gasteiger partial charge in [0.25, 0.3) is 5.56 Å². The number of aromatic nitrogens is 2. The lowest BCUT2D eigenvalue weighted by Gasteiger charge is -2.10. The molecule has 22 heavy (non-hydrogen) atoms. The number of nitrogens with zero attached hydrogens (tertiary/aromatic N) is 2. The number of hydrogen-bond donors (Lipinski definition) is 1. The Balaban J connectivity index is 1.88. The summed E-state index contributed by atoms with van der Waals surface area (Å²) in [5.74, 6) is -0.853. The highest BCUT2D eigenvalue weighted by molar-refractivity contribution is 5.91. The first kappa shape index (κ1) is 13.9. The van der Waals surface area contributed by atoms with Gasteiger partial charge in [-0.3, -0.25) is 14.2 Å². The molecule has 0 aliphatic rings. The smallest absolute Gasteiger partial charge is 0.269 e. The van der Waals surface area contributed by atoms with Crippen molar-refractivity contribution in [1.29, 1.82) is 0 Å². The SMILES string of the molecule is O=C(Cn1c(=O)cnc2ccccc21)Nc1cccc(F)c1. The number of rotatable bonds is 3. The van der Waals surface area contributed by atoms with Crippen molar-refractivity contribution in [3.63, 3.8) is 0 Å². The molecule has 1 amide bonds. The normalized spacial score (nSPS) is 10.6. The maximum absolute atomic E-state index is 13.1. The number of fused-ring (bicyclic) bond motifs is 1. The molecule has 1 heterocycles.